The van der Waals surface area contributed by atoms with Gasteiger partial charge in [-0.05, 0) is 6.07 Å². The summed E-state index contributed by atoms with van der Waals surface area (Å²) in [6.45, 7) is 6.40. The number of nitrogens with zero attached hydrogens (tertiary/aromatic N) is 3. The minimum absolute atomic E-state index is 0.00139. The van der Waals surface area contributed by atoms with E-state index < -0.39 is 27.6 Å². The summed E-state index contributed by atoms with van der Waals surface area (Å²) in [7, 11) is 1.25. The number of phenols is 1. The molecule has 128 valence electrons. The molecule has 0 spiro atoms. The van der Waals surface area contributed by atoms with E-state index in [1.54, 1.807) is 27.7 Å². The number of hydrogen-bond donors (Lipinski definition) is 1. The third kappa shape index (κ3) is 2.92. The largest absolute Gasteiger partial charge is 0.499 e. The Hall–Kier alpha value is -2.97. The first-order chi connectivity index (χ1) is 11.1. The molecule has 2 aromatic rings. The lowest BCUT2D eigenvalue weighted by Gasteiger charge is -2.19. The number of carbonyl (C=O) groups excluding carboxylic acids is 1. The predicted octanol–water partition coefficient (Wildman–Crippen LogP) is 2.90. The summed E-state index contributed by atoms with van der Waals surface area (Å²) in [6, 6.07) is 1.28. The molecule has 0 aliphatic carbocycles. The Morgan fingerprint density at radius 1 is 1.42 bits per heavy atom. The topological polar surface area (TPSA) is 129 Å². The van der Waals surface area contributed by atoms with Crippen molar-refractivity contribution in [2.24, 2.45) is 5.41 Å². The first-order valence-electron chi connectivity index (χ1n) is 7.01. The molecule has 24 heavy (non-hydrogen) atoms. The van der Waals surface area contributed by atoms with Gasteiger partial charge in [-0.1, -0.05) is 25.9 Å². The number of hydrogen-bond acceptors (Lipinski definition) is 8. The number of aromatic hydroxyl groups is 1. The molecule has 0 unspecified atom stereocenters. The fraction of sp³-hybridized carbons (Fsp3) is 0.400. The van der Waals surface area contributed by atoms with Gasteiger partial charge in [-0.2, -0.15) is 4.98 Å². The molecular formula is C15H17N3O6. The minimum atomic E-state index is -0.931. The standard InChI is InChI=1S/C15H17N3O6/c1-7-16-14(17-24-7)8-6-9(23-5)12(19)11(18(21)22)10(8)13(20)15(2,3)4/h6,19H,1-5H3. The van der Waals surface area contributed by atoms with Crippen molar-refractivity contribution in [3.63, 3.8) is 0 Å². The van der Waals surface area contributed by atoms with Gasteiger partial charge in [0.25, 0.3) is 0 Å². The highest BCUT2D eigenvalue weighted by Gasteiger charge is 2.37. The number of aryl methyl sites for hydroxylation is 1. The summed E-state index contributed by atoms with van der Waals surface area (Å²) in [5.74, 6) is -1.19. The fourth-order valence-corrected chi connectivity index (χ4v) is 2.16. The van der Waals surface area contributed by atoms with E-state index in [-0.39, 0.29) is 28.6 Å². The van der Waals surface area contributed by atoms with Crippen molar-refractivity contribution >= 4 is 11.5 Å². The SMILES string of the molecule is COc1cc(-c2noc(C)n2)c(C(=O)C(C)(C)C)c([N+](=O)[O-])c1O. The zero-order chi connectivity index (χ0) is 18.2. The van der Waals surface area contributed by atoms with Gasteiger partial charge in [-0.15, -0.1) is 0 Å². The van der Waals surface area contributed by atoms with Crippen molar-refractivity contribution in [1.82, 2.24) is 10.1 Å². The second kappa shape index (κ2) is 5.91. The Balaban J connectivity index is 2.93. The number of nitro groups is 1. The van der Waals surface area contributed by atoms with Crippen molar-refractivity contribution in [1.29, 1.82) is 0 Å². The monoisotopic (exact) mass is 335 g/mol. The van der Waals surface area contributed by atoms with Crippen molar-refractivity contribution < 1.29 is 24.1 Å². The summed E-state index contributed by atoms with van der Waals surface area (Å²) >= 11 is 0. The number of ether oxygens (including phenoxy) is 1. The van der Waals surface area contributed by atoms with Crippen LogP contribution in [0.2, 0.25) is 0 Å². The van der Waals surface area contributed by atoms with Crippen LogP contribution in [-0.4, -0.2) is 33.1 Å². The molecule has 0 radical (unpaired) electrons. The normalized spacial score (nSPS) is 11.4. The molecule has 0 saturated carbocycles. The molecule has 9 nitrogen and oxygen atoms in total. The van der Waals surface area contributed by atoms with Crippen LogP contribution in [0.4, 0.5) is 5.69 Å². The smallest absolute Gasteiger partial charge is 0.326 e. The minimum Gasteiger partial charge on any atom is -0.499 e. The number of nitro benzene ring substituents is 1. The molecule has 2 rings (SSSR count). The molecule has 1 N–H and O–H groups in total. The van der Waals surface area contributed by atoms with Crippen molar-refractivity contribution in [2.75, 3.05) is 7.11 Å². The van der Waals surface area contributed by atoms with E-state index in [9.17, 15) is 20.0 Å². The third-order valence-corrected chi connectivity index (χ3v) is 3.32. The maximum absolute atomic E-state index is 12.8. The molecule has 9 heteroatoms. The molecule has 0 amide bonds. The second-order valence-corrected chi connectivity index (χ2v) is 6.17. The van der Waals surface area contributed by atoms with E-state index in [0.717, 1.165) is 0 Å². The van der Waals surface area contributed by atoms with Gasteiger partial charge in [-0.3, -0.25) is 14.9 Å². The van der Waals surface area contributed by atoms with Crippen LogP contribution in [-0.2, 0) is 0 Å². The fourth-order valence-electron chi connectivity index (χ4n) is 2.16. The van der Waals surface area contributed by atoms with Crippen molar-refractivity contribution in [2.45, 2.75) is 27.7 Å². The average Bonchev–Trinajstić information content (AvgIpc) is 2.90. The van der Waals surface area contributed by atoms with Crippen LogP contribution in [0, 0.1) is 22.5 Å². The first-order valence-corrected chi connectivity index (χ1v) is 7.01. The van der Waals surface area contributed by atoms with Gasteiger partial charge >= 0.3 is 5.69 Å². The maximum Gasteiger partial charge on any atom is 0.326 e. The Labute approximate surface area is 137 Å². The van der Waals surface area contributed by atoms with Crippen LogP contribution in [0.5, 0.6) is 11.5 Å². The Bertz CT molecular complexity index is 819. The van der Waals surface area contributed by atoms with Crippen LogP contribution in [0.1, 0.15) is 37.0 Å². The van der Waals surface area contributed by atoms with Crippen molar-refractivity contribution in [3.8, 4) is 22.9 Å². The Morgan fingerprint density at radius 2 is 2.04 bits per heavy atom. The van der Waals surface area contributed by atoms with Crippen LogP contribution < -0.4 is 4.74 Å². The lowest BCUT2D eigenvalue weighted by Crippen LogP contribution is -2.22. The van der Waals surface area contributed by atoms with Crippen LogP contribution in [0.3, 0.4) is 0 Å². The Kier molecular flexibility index (Phi) is 4.28. The molecule has 0 aliphatic rings. The average molecular weight is 335 g/mol. The molecule has 1 aromatic carbocycles. The van der Waals surface area contributed by atoms with Gasteiger partial charge in [0.2, 0.25) is 17.5 Å². The summed E-state index contributed by atoms with van der Waals surface area (Å²) in [5, 5.41) is 25.4. The summed E-state index contributed by atoms with van der Waals surface area (Å²) in [5.41, 5.74) is -1.90. The van der Waals surface area contributed by atoms with Gasteiger partial charge in [0.1, 0.15) is 5.56 Å². The molecule has 0 aliphatic heterocycles. The number of Topliss-reactive ketones (excluding diaryl/α,β-unsaturated/α-hetero) is 1. The lowest BCUT2D eigenvalue weighted by molar-refractivity contribution is -0.386. The van der Waals surface area contributed by atoms with Crippen LogP contribution in [0.15, 0.2) is 10.6 Å². The summed E-state index contributed by atoms with van der Waals surface area (Å²) < 4.78 is 9.87. The molecule has 0 bridgehead atoms. The number of ketones is 1. The third-order valence-electron chi connectivity index (χ3n) is 3.32. The van der Waals surface area contributed by atoms with Gasteiger partial charge < -0.3 is 14.4 Å². The number of rotatable bonds is 4. The quantitative estimate of drug-likeness (QED) is 0.513. The summed E-state index contributed by atoms with van der Waals surface area (Å²) in [4.78, 5) is 27.5. The van der Waals surface area contributed by atoms with E-state index in [0.29, 0.717) is 0 Å². The molecular weight excluding hydrogens is 318 g/mol. The molecule has 1 heterocycles. The van der Waals surface area contributed by atoms with E-state index in [1.165, 1.54) is 13.2 Å². The van der Waals surface area contributed by atoms with Crippen LogP contribution in [0.25, 0.3) is 11.4 Å². The zero-order valence-corrected chi connectivity index (χ0v) is 13.9. The molecule has 0 fully saturated rings. The predicted molar refractivity (Wildman–Crippen MR) is 83.1 cm³/mol. The number of benzene rings is 1. The Morgan fingerprint density at radius 3 is 2.46 bits per heavy atom. The molecule has 0 saturated heterocycles. The zero-order valence-electron chi connectivity index (χ0n) is 13.9. The number of carbonyl (C=O) groups is 1. The van der Waals surface area contributed by atoms with E-state index >= 15 is 0 Å². The number of phenolic OH excluding ortho intramolecular Hbond substituents is 1. The number of methoxy groups -OCH3 is 1. The van der Waals surface area contributed by atoms with E-state index in [1.807, 2.05) is 0 Å². The molecule has 1 aromatic heterocycles. The highest BCUT2D eigenvalue weighted by atomic mass is 16.6. The number of aromatic nitrogens is 2. The lowest BCUT2D eigenvalue weighted by atomic mass is 9.83. The van der Waals surface area contributed by atoms with Gasteiger partial charge in [0.15, 0.2) is 11.5 Å². The van der Waals surface area contributed by atoms with E-state index in [4.69, 9.17) is 9.26 Å². The van der Waals surface area contributed by atoms with Crippen LogP contribution >= 0.6 is 0 Å². The van der Waals surface area contributed by atoms with Gasteiger partial charge in [0, 0.05) is 17.9 Å². The highest BCUT2D eigenvalue weighted by Crippen LogP contribution is 2.45. The highest BCUT2D eigenvalue weighted by molar-refractivity contribution is 6.09. The first kappa shape index (κ1) is 17.4. The van der Waals surface area contributed by atoms with Crippen molar-refractivity contribution in [3.05, 3.63) is 27.6 Å². The maximum atomic E-state index is 12.8. The summed E-state index contributed by atoms with van der Waals surface area (Å²) in [6.07, 6.45) is 0. The van der Waals surface area contributed by atoms with E-state index in [2.05, 4.69) is 10.1 Å². The van der Waals surface area contributed by atoms with Gasteiger partial charge in [0.05, 0.1) is 12.0 Å². The van der Waals surface area contributed by atoms with Gasteiger partial charge in [-0.25, -0.2) is 0 Å². The molecule has 0 atom stereocenters. The second-order valence-electron chi connectivity index (χ2n) is 6.17.